The first-order chi connectivity index (χ1) is 9.27. The highest BCUT2D eigenvalue weighted by atomic mass is 16.3. The van der Waals surface area contributed by atoms with E-state index in [2.05, 4.69) is 36.4 Å². The average Bonchev–Trinajstić information content (AvgIpc) is 2.37. The fourth-order valence-electron chi connectivity index (χ4n) is 2.92. The predicted octanol–water partition coefficient (Wildman–Crippen LogP) is 4.67. The molecule has 1 saturated carbocycles. The third kappa shape index (κ3) is 2.31. The van der Waals surface area contributed by atoms with E-state index in [9.17, 15) is 5.11 Å². The lowest BCUT2D eigenvalue weighted by molar-refractivity contribution is 0.200. The fraction of sp³-hybridized carbons (Fsp3) is 0.333. The Balaban J connectivity index is 2.11. The number of aliphatic hydroxyl groups is 1. The molecule has 1 aliphatic rings. The molecular weight excluding hydrogens is 232 g/mol. The number of hydrogen-bond donors (Lipinski definition) is 1. The zero-order valence-corrected chi connectivity index (χ0v) is 11.3. The largest absolute Gasteiger partial charge is 0.389 e. The summed E-state index contributed by atoms with van der Waals surface area (Å²) in [6.07, 6.45) is 3.52. The Morgan fingerprint density at radius 3 is 2.21 bits per heavy atom. The molecule has 0 aromatic heterocycles. The summed E-state index contributed by atoms with van der Waals surface area (Å²) in [6, 6.07) is 16.9. The van der Waals surface area contributed by atoms with E-state index in [1.54, 1.807) is 0 Å². The van der Waals surface area contributed by atoms with Crippen molar-refractivity contribution in [2.75, 3.05) is 0 Å². The Labute approximate surface area is 114 Å². The Hall–Kier alpha value is -1.60. The Kier molecular flexibility index (Phi) is 3.39. The summed E-state index contributed by atoms with van der Waals surface area (Å²) in [7, 11) is 0. The van der Waals surface area contributed by atoms with Gasteiger partial charge < -0.3 is 5.11 Å². The maximum atomic E-state index is 9.97. The summed E-state index contributed by atoms with van der Waals surface area (Å²) in [5, 5.41) is 9.97. The minimum absolute atomic E-state index is 0.425. The van der Waals surface area contributed by atoms with Crippen LogP contribution in [0.2, 0.25) is 0 Å². The Morgan fingerprint density at radius 2 is 1.58 bits per heavy atom. The van der Waals surface area contributed by atoms with Gasteiger partial charge in [0.1, 0.15) is 0 Å². The second kappa shape index (κ2) is 5.18. The highest BCUT2D eigenvalue weighted by Gasteiger charge is 2.23. The molecule has 19 heavy (non-hydrogen) atoms. The molecular formula is C18H20O. The van der Waals surface area contributed by atoms with Crippen molar-refractivity contribution in [1.82, 2.24) is 0 Å². The molecule has 1 aliphatic carbocycles. The molecule has 3 rings (SSSR count). The van der Waals surface area contributed by atoms with Crippen LogP contribution in [0.15, 0.2) is 48.5 Å². The van der Waals surface area contributed by atoms with Crippen LogP contribution in [0.25, 0.3) is 11.1 Å². The van der Waals surface area contributed by atoms with Gasteiger partial charge in [0.15, 0.2) is 0 Å². The van der Waals surface area contributed by atoms with Crippen molar-refractivity contribution in [2.24, 2.45) is 0 Å². The van der Waals surface area contributed by atoms with Crippen LogP contribution in [-0.2, 0) is 0 Å². The van der Waals surface area contributed by atoms with E-state index in [0.717, 1.165) is 5.56 Å². The van der Waals surface area contributed by atoms with Crippen molar-refractivity contribution < 1.29 is 5.11 Å². The fourth-order valence-corrected chi connectivity index (χ4v) is 2.92. The van der Waals surface area contributed by atoms with Crippen LogP contribution in [0.1, 0.15) is 49.3 Å². The van der Waals surface area contributed by atoms with E-state index < -0.39 is 6.10 Å². The van der Waals surface area contributed by atoms with Gasteiger partial charge in [-0.15, -0.1) is 0 Å². The summed E-state index contributed by atoms with van der Waals surface area (Å²) in [5.74, 6) is 0.707. The summed E-state index contributed by atoms with van der Waals surface area (Å²) >= 11 is 0. The molecule has 98 valence electrons. The molecule has 2 aromatic rings. The normalized spacial score (nSPS) is 16.9. The number of hydrogen-bond acceptors (Lipinski definition) is 1. The van der Waals surface area contributed by atoms with Crippen molar-refractivity contribution in [3.8, 4) is 11.1 Å². The molecule has 1 nitrogen and oxygen atoms in total. The quantitative estimate of drug-likeness (QED) is 0.841. The standard InChI is InChI=1S/C18H20O/c1-13(19)15-9-2-4-11-17(15)18-12-5-3-10-16(18)14-7-6-8-14/h2-5,9-14,19H,6-8H2,1H3/t13-/m1/s1. The topological polar surface area (TPSA) is 20.2 Å². The lowest BCUT2D eigenvalue weighted by Crippen LogP contribution is -2.10. The zero-order valence-electron chi connectivity index (χ0n) is 11.3. The van der Waals surface area contributed by atoms with Crippen LogP contribution < -0.4 is 0 Å². The Bertz CT molecular complexity index is 567. The van der Waals surface area contributed by atoms with Gasteiger partial charge in [-0.2, -0.15) is 0 Å². The SMILES string of the molecule is C[C@@H](O)c1ccccc1-c1ccccc1C1CCC1. The first-order valence-electron chi connectivity index (χ1n) is 7.13. The highest BCUT2D eigenvalue weighted by Crippen LogP contribution is 2.42. The average molecular weight is 252 g/mol. The molecule has 0 amide bonds. The minimum Gasteiger partial charge on any atom is -0.389 e. The molecule has 0 aliphatic heterocycles. The number of benzene rings is 2. The van der Waals surface area contributed by atoms with Crippen LogP contribution in [0.4, 0.5) is 0 Å². The molecule has 0 spiro atoms. The van der Waals surface area contributed by atoms with Gasteiger partial charge in [0, 0.05) is 0 Å². The van der Waals surface area contributed by atoms with Crippen LogP contribution in [0.5, 0.6) is 0 Å². The van der Waals surface area contributed by atoms with E-state index in [1.165, 1.54) is 36.0 Å². The maximum Gasteiger partial charge on any atom is 0.0767 e. The second-order valence-corrected chi connectivity index (χ2v) is 5.48. The summed E-state index contributed by atoms with van der Waals surface area (Å²) in [4.78, 5) is 0. The van der Waals surface area contributed by atoms with Gasteiger partial charge in [0.05, 0.1) is 6.10 Å². The van der Waals surface area contributed by atoms with Gasteiger partial charge in [-0.25, -0.2) is 0 Å². The van der Waals surface area contributed by atoms with E-state index in [0.29, 0.717) is 5.92 Å². The monoisotopic (exact) mass is 252 g/mol. The summed E-state index contributed by atoms with van der Waals surface area (Å²) < 4.78 is 0. The first kappa shape index (κ1) is 12.4. The molecule has 1 atom stereocenters. The zero-order chi connectivity index (χ0) is 13.2. The van der Waals surface area contributed by atoms with E-state index in [1.807, 2.05) is 19.1 Å². The lowest BCUT2D eigenvalue weighted by atomic mass is 9.76. The van der Waals surface area contributed by atoms with Crippen molar-refractivity contribution in [3.63, 3.8) is 0 Å². The molecule has 0 saturated heterocycles. The van der Waals surface area contributed by atoms with Crippen molar-refractivity contribution in [3.05, 3.63) is 59.7 Å². The third-order valence-electron chi connectivity index (χ3n) is 4.21. The third-order valence-corrected chi connectivity index (χ3v) is 4.21. The number of rotatable bonds is 3. The Morgan fingerprint density at radius 1 is 0.947 bits per heavy atom. The van der Waals surface area contributed by atoms with Gasteiger partial charge in [-0.05, 0) is 47.9 Å². The molecule has 0 heterocycles. The predicted molar refractivity (Wildman–Crippen MR) is 79.1 cm³/mol. The second-order valence-electron chi connectivity index (χ2n) is 5.48. The summed E-state index contributed by atoms with van der Waals surface area (Å²) in [6.45, 7) is 1.84. The molecule has 0 unspecified atom stereocenters. The van der Waals surface area contributed by atoms with Gasteiger partial charge in [-0.1, -0.05) is 55.0 Å². The van der Waals surface area contributed by atoms with Gasteiger partial charge in [0.2, 0.25) is 0 Å². The molecule has 1 fully saturated rings. The molecule has 0 radical (unpaired) electrons. The molecule has 1 N–H and O–H groups in total. The smallest absolute Gasteiger partial charge is 0.0767 e. The lowest BCUT2D eigenvalue weighted by Gasteiger charge is -2.28. The van der Waals surface area contributed by atoms with E-state index in [-0.39, 0.29) is 0 Å². The molecule has 2 aromatic carbocycles. The van der Waals surface area contributed by atoms with Gasteiger partial charge in [-0.3, -0.25) is 0 Å². The van der Waals surface area contributed by atoms with Crippen molar-refractivity contribution in [1.29, 1.82) is 0 Å². The minimum atomic E-state index is -0.425. The first-order valence-corrected chi connectivity index (χ1v) is 7.13. The summed E-state index contributed by atoms with van der Waals surface area (Å²) in [5.41, 5.74) is 4.94. The highest BCUT2D eigenvalue weighted by molar-refractivity contribution is 5.71. The van der Waals surface area contributed by atoms with Crippen molar-refractivity contribution in [2.45, 2.75) is 38.2 Å². The van der Waals surface area contributed by atoms with Crippen LogP contribution in [-0.4, -0.2) is 5.11 Å². The van der Waals surface area contributed by atoms with Crippen LogP contribution in [0.3, 0.4) is 0 Å². The number of aliphatic hydroxyl groups excluding tert-OH is 1. The van der Waals surface area contributed by atoms with Gasteiger partial charge in [0.25, 0.3) is 0 Å². The molecule has 1 heteroatoms. The van der Waals surface area contributed by atoms with Crippen LogP contribution >= 0.6 is 0 Å². The van der Waals surface area contributed by atoms with E-state index in [4.69, 9.17) is 0 Å². The molecule has 0 bridgehead atoms. The van der Waals surface area contributed by atoms with Crippen LogP contribution in [0, 0.1) is 0 Å². The van der Waals surface area contributed by atoms with E-state index >= 15 is 0 Å². The maximum absolute atomic E-state index is 9.97. The van der Waals surface area contributed by atoms with Gasteiger partial charge >= 0.3 is 0 Å². The van der Waals surface area contributed by atoms with Crippen molar-refractivity contribution >= 4 is 0 Å².